The lowest BCUT2D eigenvalue weighted by molar-refractivity contribution is 0.265. The van der Waals surface area contributed by atoms with E-state index in [0.29, 0.717) is 12.8 Å². The molecule has 0 aromatic rings. The van der Waals surface area contributed by atoms with Crippen LogP contribution in [0.25, 0.3) is 9.95 Å². The first kappa shape index (κ1) is 9.01. The minimum absolute atomic E-state index is 0.243. The van der Waals surface area contributed by atoms with Crippen LogP contribution in [-0.2, 0) is 0 Å². The summed E-state index contributed by atoms with van der Waals surface area (Å²) in [5.41, 5.74) is -0.904. The van der Waals surface area contributed by atoms with Gasteiger partial charge in [-0.2, -0.15) is 0 Å². The maximum Gasteiger partial charge on any atom is 0.388 e. The Morgan fingerprint density at radius 1 is 1.08 bits per heavy atom. The zero-order chi connectivity index (χ0) is 9.90. The highest BCUT2D eigenvalue weighted by Gasteiger charge is 2.54. The normalized spacial score (nSPS) is 20.2. The summed E-state index contributed by atoms with van der Waals surface area (Å²) in [7, 11) is 0. The fourth-order valence-electron chi connectivity index (χ4n) is 1.12. The van der Waals surface area contributed by atoms with Gasteiger partial charge in [0.15, 0.2) is 21.5 Å². The average Bonchev–Trinajstić information content (AvgIpc) is 2.85. The van der Waals surface area contributed by atoms with Crippen molar-refractivity contribution in [3.63, 3.8) is 0 Å². The van der Waals surface area contributed by atoms with E-state index < -0.39 is 5.41 Å². The van der Waals surface area contributed by atoms with Crippen LogP contribution >= 0.6 is 0 Å². The summed E-state index contributed by atoms with van der Waals surface area (Å²) in [5, 5.41) is 34.9. The topological polar surface area (TPSA) is 96.8 Å². The Hall–Kier alpha value is -2.08. The lowest BCUT2D eigenvalue weighted by atomic mass is 10.0. The zero-order valence-electron chi connectivity index (χ0n) is 6.75. The van der Waals surface area contributed by atoms with E-state index in [1.54, 1.807) is 0 Å². The number of hydrogen-bond acceptors (Lipinski definition) is 4. The van der Waals surface area contributed by atoms with E-state index in [0.717, 1.165) is 12.4 Å². The van der Waals surface area contributed by atoms with E-state index in [-0.39, 0.29) is 11.5 Å². The lowest BCUT2D eigenvalue weighted by Gasteiger charge is -2.05. The second-order valence-electron chi connectivity index (χ2n) is 2.84. The lowest BCUT2D eigenvalue weighted by Crippen LogP contribution is -2.07. The highest BCUT2D eigenvalue weighted by atomic mass is 16.3. The molecule has 13 heavy (non-hydrogen) atoms. The quantitative estimate of drug-likeness (QED) is 0.503. The monoisotopic (exact) mass is 180 g/mol. The number of hydrogen-bond donors (Lipinski definition) is 2. The van der Waals surface area contributed by atoms with Gasteiger partial charge in [-0.1, -0.05) is 0 Å². The summed E-state index contributed by atoms with van der Waals surface area (Å²) in [6, 6.07) is 0. The molecule has 0 atom stereocenters. The smallest absolute Gasteiger partial charge is 0.388 e. The molecule has 6 heteroatoms. The molecule has 0 unspecified atom stereocenters. The summed E-state index contributed by atoms with van der Waals surface area (Å²) in [4.78, 5) is 5.28. The zero-order valence-corrected chi connectivity index (χ0v) is 6.75. The SMILES string of the molecule is N#[N+]/C=C(/O)C1(/C(O)=C\[N+]#N)CC1. The van der Waals surface area contributed by atoms with Crippen LogP contribution in [0.3, 0.4) is 0 Å². The minimum atomic E-state index is -0.904. The molecule has 1 aliphatic rings. The van der Waals surface area contributed by atoms with Crippen molar-refractivity contribution in [2.75, 3.05) is 0 Å². The highest BCUT2D eigenvalue weighted by molar-refractivity contribution is 5.30. The maximum absolute atomic E-state index is 9.32. The maximum atomic E-state index is 9.32. The number of aliphatic hydroxyl groups excluding tert-OH is 2. The third kappa shape index (κ3) is 1.42. The largest absolute Gasteiger partial charge is 0.505 e. The van der Waals surface area contributed by atoms with Gasteiger partial charge in [0.1, 0.15) is 0 Å². The third-order valence-electron chi connectivity index (χ3n) is 2.09. The first-order valence-corrected chi connectivity index (χ1v) is 3.65. The van der Waals surface area contributed by atoms with Crippen LogP contribution in [0.2, 0.25) is 0 Å². The fourth-order valence-corrected chi connectivity index (χ4v) is 1.12. The van der Waals surface area contributed by atoms with E-state index in [4.69, 9.17) is 10.8 Å². The van der Waals surface area contributed by atoms with Crippen molar-refractivity contribution in [2.45, 2.75) is 12.8 Å². The van der Waals surface area contributed by atoms with E-state index in [1.807, 2.05) is 0 Å². The van der Waals surface area contributed by atoms with Gasteiger partial charge in [-0.3, -0.25) is 0 Å². The van der Waals surface area contributed by atoms with Crippen molar-refractivity contribution >= 4 is 0 Å². The molecule has 1 fully saturated rings. The van der Waals surface area contributed by atoms with Crippen LogP contribution in [-0.4, -0.2) is 10.2 Å². The van der Waals surface area contributed by atoms with Gasteiger partial charge >= 0.3 is 12.4 Å². The second-order valence-corrected chi connectivity index (χ2v) is 2.84. The molecule has 0 aromatic carbocycles. The average molecular weight is 180 g/mol. The van der Waals surface area contributed by atoms with Crippen LogP contribution in [0.15, 0.2) is 23.9 Å². The summed E-state index contributed by atoms with van der Waals surface area (Å²) >= 11 is 0. The number of diazo groups is 2. The van der Waals surface area contributed by atoms with Crippen molar-refractivity contribution in [1.82, 2.24) is 0 Å². The van der Waals surface area contributed by atoms with Gasteiger partial charge in [0.05, 0.1) is 5.41 Å². The summed E-state index contributed by atoms with van der Waals surface area (Å²) in [5.74, 6) is -0.486. The van der Waals surface area contributed by atoms with Crippen LogP contribution in [0.5, 0.6) is 0 Å². The Labute approximate surface area is 74.1 Å². The molecule has 1 saturated carbocycles. The van der Waals surface area contributed by atoms with Crippen molar-refractivity contribution in [3.05, 3.63) is 33.9 Å². The molecule has 0 spiro atoms. The van der Waals surface area contributed by atoms with E-state index in [1.165, 1.54) is 0 Å². The molecule has 0 radical (unpaired) electrons. The van der Waals surface area contributed by atoms with Gasteiger partial charge in [-0.15, -0.1) is 0 Å². The van der Waals surface area contributed by atoms with Crippen LogP contribution < -0.4 is 0 Å². The van der Waals surface area contributed by atoms with E-state index in [9.17, 15) is 10.2 Å². The van der Waals surface area contributed by atoms with Gasteiger partial charge in [-0.25, -0.2) is 0 Å². The Kier molecular flexibility index (Phi) is 2.16. The van der Waals surface area contributed by atoms with Crippen molar-refractivity contribution in [2.24, 2.45) is 5.41 Å². The molecule has 0 heterocycles. The molecule has 2 N–H and O–H groups in total. The van der Waals surface area contributed by atoms with E-state index in [2.05, 4.69) is 9.95 Å². The van der Waals surface area contributed by atoms with Crippen molar-refractivity contribution in [3.8, 4) is 0 Å². The van der Waals surface area contributed by atoms with Crippen molar-refractivity contribution < 1.29 is 10.2 Å². The van der Waals surface area contributed by atoms with Crippen LogP contribution in [0, 0.1) is 16.2 Å². The van der Waals surface area contributed by atoms with Crippen molar-refractivity contribution in [1.29, 1.82) is 10.8 Å². The standard InChI is InChI=1S/C7H6N4O2/c8-10-3-5(12)7(1-2-7)6(13)4-11-9/h3-4H,1-2H2/p+2/b5-3+,6-4+. The third-order valence-corrected chi connectivity index (χ3v) is 2.09. The summed E-state index contributed by atoms with van der Waals surface area (Å²) in [6.45, 7) is 0. The Morgan fingerprint density at radius 2 is 1.46 bits per heavy atom. The number of aliphatic hydroxyl groups is 2. The van der Waals surface area contributed by atoms with Gasteiger partial charge in [0.25, 0.3) is 0 Å². The summed E-state index contributed by atoms with van der Waals surface area (Å²) < 4.78 is 0. The number of nitrogens with zero attached hydrogens (tertiary/aromatic N) is 4. The molecular formula is C7H8N4O2+2. The molecule has 0 aromatic heterocycles. The highest BCUT2D eigenvalue weighted by Crippen LogP contribution is 2.55. The van der Waals surface area contributed by atoms with Gasteiger partial charge in [0.2, 0.25) is 10.8 Å². The molecule has 1 rings (SSSR count). The predicted molar refractivity (Wildman–Crippen MR) is 43.3 cm³/mol. The first-order chi connectivity index (χ1) is 6.17. The first-order valence-electron chi connectivity index (χ1n) is 3.65. The minimum Gasteiger partial charge on any atom is -0.505 e. The summed E-state index contributed by atoms with van der Waals surface area (Å²) in [6.07, 6.45) is 2.74. The number of rotatable bonds is 2. The second kappa shape index (κ2) is 3.11. The fraction of sp³-hybridized carbons (Fsp3) is 0.429. The van der Waals surface area contributed by atoms with Gasteiger partial charge in [0, 0.05) is 0 Å². The van der Waals surface area contributed by atoms with Gasteiger partial charge < -0.3 is 10.2 Å². The van der Waals surface area contributed by atoms with Crippen LogP contribution in [0.1, 0.15) is 12.8 Å². The molecule has 66 valence electrons. The molecule has 1 aliphatic carbocycles. The molecule has 6 nitrogen and oxygen atoms in total. The molecule has 0 aliphatic heterocycles. The van der Waals surface area contributed by atoms with E-state index >= 15 is 0 Å². The predicted octanol–water partition coefficient (Wildman–Crippen LogP) is 2.27. The Bertz CT molecular complexity index is 322. The molecule has 0 saturated heterocycles. The Morgan fingerprint density at radius 3 is 1.69 bits per heavy atom. The molecule has 0 bridgehead atoms. The molecule has 0 amide bonds. The molecular weight excluding hydrogens is 172 g/mol. The van der Waals surface area contributed by atoms with Crippen LogP contribution in [0.4, 0.5) is 0 Å². The Balaban J connectivity index is 2.93. The van der Waals surface area contributed by atoms with Gasteiger partial charge in [-0.05, 0) is 12.8 Å².